The molecule has 0 fully saturated rings. The number of carboxylic acid groups (broad SMARTS) is 34. The van der Waals surface area contributed by atoms with Crippen molar-refractivity contribution in [1.82, 2.24) is 0 Å². The summed E-state index contributed by atoms with van der Waals surface area (Å²) < 4.78 is 0. The molecule has 0 rings (SSSR count). The lowest BCUT2D eigenvalue weighted by Crippen LogP contribution is -2.09. The van der Waals surface area contributed by atoms with E-state index >= 15 is 0 Å². The van der Waals surface area contributed by atoms with E-state index in [1.165, 1.54) is 0 Å². The number of carboxylic acids is 34. The van der Waals surface area contributed by atoms with E-state index < -0.39 is 203 Å². The monoisotopic (exact) mass is 1860 g/mol. The molecular formula is C48H52Cl4O68. The van der Waals surface area contributed by atoms with Gasteiger partial charge in [0.1, 0.15) is 0 Å². The van der Waals surface area contributed by atoms with Crippen molar-refractivity contribution in [2.24, 2.45) is 0 Å². The van der Waals surface area contributed by atoms with Crippen LogP contribution in [0.2, 0.25) is 0 Å². The smallest absolute Gasteiger partial charge is 0.414 e. The lowest BCUT2D eigenvalue weighted by Gasteiger charge is -1.74. The second-order valence-electron chi connectivity index (χ2n) is 13.2. The fourth-order valence-corrected chi connectivity index (χ4v) is 0.998. The average molecular weight is 1860 g/mol. The summed E-state index contributed by atoms with van der Waals surface area (Å²) in [6.07, 6.45) is 7.81. The van der Waals surface area contributed by atoms with E-state index in [0.717, 1.165) is 0 Å². The summed E-state index contributed by atoms with van der Waals surface area (Å²) in [6.45, 7) is 0. The van der Waals surface area contributed by atoms with E-state index in [4.69, 9.17) is 270 Å². The van der Waals surface area contributed by atoms with Crippen LogP contribution >= 0.6 is 49.6 Å². The van der Waals surface area contributed by atoms with Crippen LogP contribution in [0.3, 0.4) is 0 Å². The Morgan fingerprint density at radius 3 is 0.117 bits per heavy atom. The fraction of sp³-hybridized carbons (Fsp3) is 0. The molecule has 0 aromatic heterocycles. The summed E-state index contributed by atoms with van der Waals surface area (Å²) in [6, 6.07) is 0. The van der Waals surface area contributed by atoms with Crippen LogP contribution in [-0.4, -0.2) is 377 Å². The second-order valence-corrected chi connectivity index (χ2v) is 13.2. The maximum atomic E-state index is 9.55. The number of hydrogen-bond donors (Lipinski definition) is 34. The molecule has 72 heteroatoms. The molecule has 120 heavy (non-hydrogen) atoms. The van der Waals surface area contributed by atoms with Crippen LogP contribution in [0, 0.1) is 0 Å². The largest absolute Gasteiger partial charge is 0.478 e. The molecule has 0 atom stereocenters. The van der Waals surface area contributed by atoms with E-state index in [0.29, 0.717) is 85.1 Å². The van der Waals surface area contributed by atoms with Crippen LogP contribution in [0.25, 0.3) is 0 Å². The Bertz CT molecular complexity index is 2790. The summed E-state index contributed by atoms with van der Waals surface area (Å²) in [5, 5.41) is 257. The van der Waals surface area contributed by atoms with Gasteiger partial charge < -0.3 is 174 Å². The molecule has 0 aliphatic carbocycles. The van der Waals surface area contributed by atoms with Gasteiger partial charge in [-0.3, -0.25) is 0 Å². The molecule has 0 bridgehead atoms. The van der Waals surface area contributed by atoms with Gasteiger partial charge in [-0.1, -0.05) is 0 Å². The number of aliphatic carboxylic acids is 34. The highest BCUT2D eigenvalue weighted by atomic mass is 35.5. The molecule has 0 spiro atoms. The van der Waals surface area contributed by atoms with Crippen LogP contribution in [0.5, 0.6) is 0 Å². The average Bonchev–Trinajstić information content (AvgIpc) is 1.51. The van der Waals surface area contributed by atoms with Gasteiger partial charge in [0.2, 0.25) is 0 Å². The lowest BCUT2D eigenvalue weighted by atomic mass is 10.5. The predicted molar refractivity (Wildman–Crippen MR) is 353 cm³/mol. The third kappa shape index (κ3) is 303. The molecule has 0 saturated carbocycles. The predicted octanol–water partition coefficient (Wildman–Crippen LogP) is -8.77. The highest BCUT2D eigenvalue weighted by molar-refractivity contribution is 6.30. The molecular weight excluding hydrogens is 1810 g/mol. The molecule has 0 saturated heterocycles. The standard InChI is InChI=1S/7C4H4O4.10C2H2O4.4ClH/c7*5-3(6)1-2-4(7)8;10*3-1(4)2(5)6;;;;/h7*1-2H,(H,5,6)(H,7,8);10*(H,3,4)(H,5,6);4*1H/b7*2-1+;;;;;;;;;;;;;;. The Morgan fingerprint density at radius 2 is 0.108 bits per heavy atom. The minimum atomic E-state index is -1.82. The highest BCUT2D eigenvalue weighted by Crippen LogP contribution is 1.76. The summed E-state index contributed by atoms with van der Waals surface area (Å²) in [5.41, 5.74) is 0. The normalized spacial score (nSPS) is 8.10. The van der Waals surface area contributed by atoms with Crippen LogP contribution in [0.1, 0.15) is 0 Å². The molecule has 0 aromatic rings. The van der Waals surface area contributed by atoms with Crippen LogP contribution in [0.15, 0.2) is 85.1 Å². The van der Waals surface area contributed by atoms with Crippen molar-refractivity contribution in [2.75, 3.05) is 0 Å². The van der Waals surface area contributed by atoms with Gasteiger partial charge in [-0.15, -0.1) is 49.6 Å². The zero-order valence-corrected chi connectivity index (χ0v) is 59.1. The minimum absolute atomic E-state index is 0. The summed E-state index contributed by atoms with van der Waals surface area (Å²) in [4.78, 5) is 316. The Kier molecular flexibility index (Phi) is 138. The van der Waals surface area contributed by atoms with Crippen molar-refractivity contribution in [3.8, 4) is 0 Å². The van der Waals surface area contributed by atoms with Crippen LogP contribution in [-0.2, 0) is 163 Å². The lowest BCUT2D eigenvalue weighted by molar-refractivity contribution is -0.159. The Labute approximate surface area is 672 Å². The number of carbonyl (C=O) groups is 34. The highest BCUT2D eigenvalue weighted by Gasteiger charge is 2.09. The van der Waals surface area contributed by atoms with Crippen molar-refractivity contribution in [2.45, 2.75) is 0 Å². The SMILES string of the molecule is Cl.Cl.Cl.Cl.O=C(O)/C=C/C(=O)O.O=C(O)/C=C/C(=O)O.O=C(O)/C=C/C(=O)O.O=C(O)/C=C/C(=O)O.O=C(O)/C=C/C(=O)O.O=C(O)/C=C/C(=O)O.O=C(O)/C=C/C(=O)O.O=C(O)C(=O)O.O=C(O)C(=O)O.O=C(O)C(=O)O.O=C(O)C(=O)O.O=C(O)C(=O)O.O=C(O)C(=O)O.O=C(O)C(=O)O.O=C(O)C(=O)O.O=C(O)C(=O)O.O=C(O)C(=O)O. The van der Waals surface area contributed by atoms with E-state index in [1.54, 1.807) is 0 Å². The van der Waals surface area contributed by atoms with Gasteiger partial charge in [-0.05, 0) is 0 Å². The van der Waals surface area contributed by atoms with Gasteiger partial charge in [0.05, 0.1) is 0 Å². The first kappa shape index (κ1) is 158. The van der Waals surface area contributed by atoms with Crippen molar-refractivity contribution in [3.63, 3.8) is 0 Å². The number of hydrogen-bond acceptors (Lipinski definition) is 34. The molecule has 0 unspecified atom stereocenters. The van der Waals surface area contributed by atoms with E-state index in [9.17, 15) is 67.1 Å². The van der Waals surface area contributed by atoms with E-state index in [1.807, 2.05) is 0 Å². The minimum Gasteiger partial charge on any atom is -0.478 e. The summed E-state index contributed by atoms with van der Waals surface area (Å²) in [7, 11) is 0. The van der Waals surface area contributed by atoms with E-state index in [2.05, 4.69) is 0 Å². The summed E-state index contributed by atoms with van der Waals surface area (Å²) in [5.74, 6) is -54.1. The Balaban J connectivity index is -0.0000000456. The van der Waals surface area contributed by atoms with Crippen molar-refractivity contribution in [3.05, 3.63) is 85.1 Å². The molecule has 0 heterocycles. The van der Waals surface area contributed by atoms with Gasteiger partial charge >= 0.3 is 203 Å². The molecule has 0 aromatic carbocycles. The van der Waals surface area contributed by atoms with Gasteiger partial charge in [-0.2, -0.15) is 0 Å². The van der Waals surface area contributed by atoms with Crippen molar-refractivity contribution in [1.29, 1.82) is 0 Å². The van der Waals surface area contributed by atoms with Crippen molar-refractivity contribution >= 4 is 253 Å². The molecule has 680 valence electrons. The first-order valence-electron chi connectivity index (χ1n) is 23.4. The first-order valence-corrected chi connectivity index (χ1v) is 23.4. The third-order valence-electron chi connectivity index (χ3n) is 4.41. The third-order valence-corrected chi connectivity index (χ3v) is 4.41. The maximum Gasteiger partial charge on any atom is 0.414 e. The molecule has 0 radical (unpaired) electrons. The van der Waals surface area contributed by atoms with Crippen LogP contribution < -0.4 is 0 Å². The fourth-order valence-electron chi connectivity index (χ4n) is 0.998. The van der Waals surface area contributed by atoms with Gasteiger partial charge in [0.25, 0.3) is 0 Å². The molecule has 0 amide bonds. The zero-order chi connectivity index (χ0) is 97.5. The number of halogens is 4. The maximum absolute atomic E-state index is 9.55. The quantitative estimate of drug-likeness (QED) is 0.0567. The first-order chi connectivity index (χ1) is 51.8. The van der Waals surface area contributed by atoms with Gasteiger partial charge in [0, 0.05) is 85.1 Å². The molecule has 0 aliphatic heterocycles. The topological polar surface area (TPSA) is 1270 Å². The van der Waals surface area contributed by atoms with Crippen LogP contribution in [0.4, 0.5) is 0 Å². The van der Waals surface area contributed by atoms with Crippen molar-refractivity contribution < 1.29 is 337 Å². The second kappa shape index (κ2) is 104. The number of rotatable bonds is 14. The molecule has 0 aliphatic rings. The molecule has 68 nitrogen and oxygen atoms in total. The summed E-state index contributed by atoms with van der Waals surface area (Å²) >= 11 is 0. The Hall–Kier alpha value is -18.7. The van der Waals surface area contributed by atoms with E-state index in [-0.39, 0.29) is 49.6 Å². The van der Waals surface area contributed by atoms with Gasteiger partial charge in [0.15, 0.2) is 0 Å². The zero-order valence-electron chi connectivity index (χ0n) is 55.8. The Morgan fingerprint density at radius 1 is 0.0833 bits per heavy atom. The van der Waals surface area contributed by atoms with Gasteiger partial charge in [-0.25, -0.2) is 163 Å². The molecule has 34 N–H and O–H groups in total.